The van der Waals surface area contributed by atoms with Gasteiger partial charge in [0.05, 0.1) is 10.7 Å². The molecule has 1 aromatic heterocycles. The lowest BCUT2D eigenvalue weighted by molar-refractivity contribution is -0.112. The second kappa shape index (κ2) is 3.74. The number of hydrogen-bond acceptors (Lipinski definition) is 2. The number of hydrogen-bond donors (Lipinski definition) is 1. The van der Waals surface area contributed by atoms with Crippen molar-refractivity contribution in [3.8, 4) is 0 Å². The highest BCUT2D eigenvalue weighted by molar-refractivity contribution is 7.08. The summed E-state index contributed by atoms with van der Waals surface area (Å²) in [4.78, 5) is 11.0. The smallest absolute Gasteiger partial charge is 0.266 e. The SMILES string of the molecule is C=C(Cl)C(=O)Nc1cscc1C. The molecule has 0 fully saturated rings. The molecule has 0 saturated carbocycles. The molecule has 0 unspecified atom stereocenters. The van der Waals surface area contributed by atoms with Crippen molar-refractivity contribution in [1.82, 2.24) is 0 Å². The van der Waals surface area contributed by atoms with Crippen LogP contribution in [0.4, 0.5) is 5.69 Å². The van der Waals surface area contributed by atoms with Gasteiger partial charge in [-0.15, -0.1) is 11.3 Å². The Morgan fingerprint density at radius 2 is 2.33 bits per heavy atom. The van der Waals surface area contributed by atoms with Crippen LogP contribution < -0.4 is 5.32 Å². The van der Waals surface area contributed by atoms with Gasteiger partial charge in [-0.1, -0.05) is 18.2 Å². The maximum absolute atomic E-state index is 11.0. The summed E-state index contributed by atoms with van der Waals surface area (Å²) in [5, 5.41) is 6.44. The summed E-state index contributed by atoms with van der Waals surface area (Å²) in [5.41, 5.74) is 1.83. The summed E-state index contributed by atoms with van der Waals surface area (Å²) in [6, 6.07) is 0. The average molecular weight is 202 g/mol. The molecule has 0 bridgehead atoms. The van der Waals surface area contributed by atoms with Crippen LogP contribution in [-0.2, 0) is 4.79 Å². The summed E-state index contributed by atoms with van der Waals surface area (Å²) in [5.74, 6) is -0.349. The minimum atomic E-state index is -0.349. The Morgan fingerprint density at radius 1 is 1.67 bits per heavy atom. The van der Waals surface area contributed by atoms with Gasteiger partial charge in [0.25, 0.3) is 5.91 Å². The van der Waals surface area contributed by atoms with Crippen molar-refractivity contribution in [2.24, 2.45) is 0 Å². The largest absolute Gasteiger partial charge is 0.320 e. The molecule has 0 aliphatic rings. The third kappa shape index (κ3) is 2.09. The van der Waals surface area contributed by atoms with Gasteiger partial charge in [0.2, 0.25) is 0 Å². The Balaban J connectivity index is 2.71. The normalized spacial score (nSPS) is 9.50. The van der Waals surface area contributed by atoms with E-state index in [-0.39, 0.29) is 10.9 Å². The fourth-order valence-corrected chi connectivity index (χ4v) is 1.51. The maximum atomic E-state index is 11.0. The molecule has 0 atom stereocenters. The number of nitrogens with one attached hydrogen (secondary N) is 1. The van der Waals surface area contributed by atoms with Gasteiger partial charge in [-0.25, -0.2) is 0 Å². The Hall–Kier alpha value is -0.800. The van der Waals surface area contributed by atoms with E-state index in [1.54, 1.807) is 0 Å². The number of thiophene rings is 1. The molecule has 0 aliphatic carbocycles. The van der Waals surface area contributed by atoms with Crippen LogP contribution in [0.1, 0.15) is 5.56 Å². The van der Waals surface area contributed by atoms with E-state index in [4.69, 9.17) is 11.6 Å². The topological polar surface area (TPSA) is 29.1 Å². The van der Waals surface area contributed by atoms with Gasteiger partial charge in [-0.05, 0) is 17.9 Å². The molecule has 0 spiro atoms. The predicted molar refractivity (Wildman–Crippen MR) is 52.7 cm³/mol. The van der Waals surface area contributed by atoms with Crippen LogP contribution in [0.2, 0.25) is 0 Å². The quantitative estimate of drug-likeness (QED) is 0.733. The van der Waals surface area contributed by atoms with Crippen LogP contribution >= 0.6 is 22.9 Å². The Labute approximate surface area is 79.9 Å². The molecular weight excluding hydrogens is 194 g/mol. The van der Waals surface area contributed by atoms with E-state index in [0.717, 1.165) is 11.3 Å². The molecule has 12 heavy (non-hydrogen) atoms. The number of aryl methyl sites for hydroxylation is 1. The second-order valence-corrected chi connectivity index (χ2v) is 3.53. The highest BCUT2D eigenvalue weighted by Crippen LogP contribution is 2.19. The first-order chi connectivity index (χ1) is 5.61. The molecule has 0 aliphatic heterocycles. The van der Waals surface area contributed by atoms with Crippen molar-refractivity contribution < 1.29 is 4.79 Å². The first kappa shape index (κ1) is 9.29. The lowest BCUT2D eigenvalue weighted by atomic mass is 10.3. The van der Waals surface area contributed by atoms with E-state index < -0.39 is 0 Å². The summed E-state index contributed by atoms with van der Waals surface area (Å²) in [6.45, 7) is 5.24. The monoisotopic (exact) mass is 201 g/mol. The third-order valence-corrected chi connectivity index (χ3v) is 2.38. The molecule has 0 radical (unpaired) electrons. The highest BCUT2D eigenvalue weighted by Gasteiger charge is 2.06. The van der Waals surface area contributed by atoms with E-state index >= 15 is 0 Å². The molecule has 0 aromatic carbocycles. The molecule has 4 heteroatoms. The van der Waals surface area contributed by atoms with Crippen molar-refractivity contribution in [3.05, 3.63) is 27.9 Å². The number of amides is 1. The Morgan fingerprint density at radius 3 is 2.75 bits per heavy atom. The van der Waals surface area contributed by atoms with Crippen LogP contribution in [0.15, 0.2) is 22.4 Å². The van der Waals surface area contributed by atoms with Crippen molar-refractivity contribution >= 4 is 34.5 Å². The number of rotatable bonds is 2. The van der Waals surface area contributed by atoms with Gasteiger partial charge in [-0.2, -0.15) is 0 Å². The lowest BCUT2D eigenvalue weighted by Crippen LogP contribution is -2.10. The number of halogens is 1. The molecular formula is C8H8ClNOS. The van der Waals surface area contributed by atoms with Gasteiger partial charge >= 0.3 is 0 Å². The molecule has 0 saturated heterocycles. The van der Waals surface area contributed by atoms with Gasteiger partial charge in [-0.3, -0.25) is 4.79 Å². The van der Waals surface area contributed by atoms with E-state index in [1.165, 1.54) is 11.3 Å². The molecule has 1 aromatic rings. The van der Waals surface area contributed by atoms with E-state index in [2.05, 4.69) is 11.9 Å². The minimum absolute atomic E-state index is 0.000556. The third-order valence-electron chi connectivity index (χ3n) is 1.35. The molecule has 1 heterocycles. The van der Waals surface area contributed by atoms with Crippen molar-refractivity contribution in [3.63, 3.8) is 0 Å². The van der Waals surface area contributed by atoms with Crippen LogP contribution in [0.5, 0.6) is 0 Å². The molecule has 1 N–H and O–H groups in total. The molecule has 2 nitrogen and oxygen atoms in total. The van der Waals surface area contributed by atoms with Gasteiger partial charge in [0.1, 0.15) is 0 Å². The average Bonchev–Trinajstić information content (AvgIpc) is 2.36. The summed E-state index contributed by atoms with van der Waals surface area (Å²) in [6.07, 6.45) is 0. The Bertz CT molecular complexity index is 319. The summed E-state index contributed by atoms with van der Waals surface area (Å²) in [7, 11) is 0. The second-order valence-electron chi connectivity index (χ2n) is 2.33. The molecule has 64 valence electrons. The van der Waals surface area contributed by atoms with Crippen LogP contribution in [0.3, 0.4) is 0 Å². The first-order valence-electron chi connectivity index (χ1n) is 3.30. The zero-order valence-corrected chi connectivity index (χ0v) is 8.13. The van der Waals surface area contributed by atoms with Gasteiger partial charge < -0.3 is 5.32 Å². The maximum Gasteiger partial charge on any atom is 0.266 e. The first-order valence-corrected chi connectivity index (χ1v) is 4.62. The van der Waals surface area contributed by atoms with E-state index in [9.17, 15) is 4.79 Å². The van der Waals surface area contributed by atoms with E-state index in [1.807, 2.05) is 17.7 Å². The van der Waals surface area contributed by atoms with Crippen LogP contribution in [-0.4, -0.2) is 5.91 Å². The van der Waals surface area contributed by atoms with Crippen LogP contribution in [0, 0.1) is 6.92 Å². The fourth-order valence-electron chi connectivity index (χ4n) is 0.679. The van der Waals surface area contributed by atoms with Gasteiger partial charge in [0.15, 0.2) is 0 Å². The van der Waals surface area contributed by atoms with Crippen molar-refractivity contribution in [1.29, 1.82) is 0 Å². The van der Waals surface area contributed by atoms with E-state index in [0.29, 0.717) is 0 Å². The number of carbonyl (C=O) groups is 1. The van der Waals surface area contributed by atoms with Crippen molar-refractivity contribution in [2.75, 3.05) is 5.32 Å². The summed E-state index contributed by atoms with van der Waals surface area (Å²) < 4.78 is 0. The predicted octanol–water partition coefficient (Wildman–Crippen LogP) is 2.75. The fraction of sp³-hybridized carbons (Fsp3) is 0.125. The van der Waals surface area contributed by atoms with Crippen molar-refractivity contribution in [2.45, 2.75) is 6.92 Å². The molecule has 1 amide bonds. The Kier molecular flexibility index (Phi) is 2.89. The zero-order chi connectivity index (χ0) is 9.14. The zero-order valence-electron chi connectivity index (χ0n) is 6.56. The lowest BCUT2D eigenvalue weighted by Gasteiger charge is -2.01. The standard InChI is InChI=1S/C8H8ClNOS/c1-5-3-12-4-7(5)10-8(11)6(2)9/h3-4H,2H2,1H3,(H,10,11). The van der Waals surface area contributed by atoms with Crippen LogP contribution in [0.25, 0.3) is 0 Å². The molecule has 1 rings (SSSR count). The summed E-state index contributed by atoms with van der Waals surface area (Å²) >= 11 is 6.93. The van der Waals surface area contributed by atoms with Gasteiger partial charge in [0, 0.05) is 5.38 Å². The highest BCUT2D eigenvalue weighted by atomic mass is 35.5. The number of carbonyl (C=O) groups excluding carboxylic acids is 1. The minimum Gasteiger partial charge on any atom is -0.320 e. The number of anilines is 1.